The SMILES string of the molecule is C[C@@H](NC(=O)CNCC1CC1)c1ccccc1F. The van der Waals surface area contributed by atoms with Gasteiger partial charge in [-0.1, -0.05) is 18.2 Å². The summed E-state index contributed by atoms with van der Waals surface area (Å²) in [6.45, 7) is 2.99. The van der Waals surface area contributed by atoms with Crippen LogP contribution in [0.4, 0.5) is 4.39 Å². The number of halogens is 1. The number of rotatable bonds is 6. The van der Waals surface area contributed by atoms with Gasteiger partial charge in [0.2, 0.25) is 5.91 Å². The van der Waals surface area contributed by atoms with Gasteiger partial charge >= 0.3 is 0 Å². The molecule has 1 fully saturated rings. The Labute approximate surface area is 107 Å². The summed E-state index contributed by atoms with van der Waals surface area (Å²) in [5.74, 6) is 0.379. The second-order valence-electron chi connectivity index (χ2n) is 4.88. The average Bonchev–Trinajstić information content (AvgIpc) is 3.13. The van der Waals surface area contributed by atoms with Gasteiger partial charge in [0.25, 0.3) is 0 Å². The third-order valence-electron chi connectivity index (χ3n) is 3.16. The van der Waals surface area contributed by atoms with E-state index in [4.69, 9.17) is 0 Å². The second kappa shape index (κ2) is 5.96. The van der Waals surface area contributed by atoms with Crippen LogP contribution >= 0.6 is 0 Å². The molecule has 2 N–H and O–H groups in total. The lowest BCUT2D eigenvalue weighted by atomic mass is 10.1. The van der Waals surface area contributed by atoms with E-state index in [2.05, 4.69) is 10.6 Å². The summed E-state index contributed by atoms with van der Waals surface area (Å²) in [6, 6.07) is 6.21. The largest absolute Gasteiger partial charge is 0.348 e. The molecule has 0 aliphatic heterocycles. The van der Waals surface area contributed by atoms with Crippen LogP contribution in [0.15, 0.2) is 24.3 Å². The zero-order valence-corrected chi connectivity index (χ0v) is 10.6. The fourth-order valence-corrected chi connectivity index (χ4v) is 1.91. The minimum absolute atomic E-state index is 0.0913. The molecule has 0 bridgehead atoms. The van der Waals surface area contributed by atoms with E-state index in [0.29, 0.717) is 12.1 Å². The quantitative estimate of drug-likeness (QED) is 0.811. The second-order valence-corrected chi connectivity index (χ2v) is 4.88. The van der Waals surface area contributed by atoms with E-state index in [1.54, 1.807) is 25.1 Å². The predicted molar refractivity (Wildman–Crippen MR) is 68.6 cm³/mol. The summed E-state index contributed by atoms with van der Waals surface area (Å²) in [5.41, 5.74) is 0.521. The smallest absolute Gasteiger partial charge is 0.234 e. The van der Waals surface area contributed by atoms with Crippen LogP contribution in [0.1, 0.15) is 31.4 Å². The molecule has 0 spiro atoms. The first-order valence-electron chi connectivity index (χ1n) is 6.41. The number of hydrogen-bond donors (Lipinski definition) is 2. The van der Waals surface area contributed by atoms with Crippen molar-refractivity contribution in [3.8, 4) is 0 Å². The zero-order valence-electron chi connectivity index (χ0n) is 10.6. The molecule has 1 saturated carbocycles. The molecule has 1 aliphatic carbocycles. The molecule has 98 valence electrons. The molecule has 0 saturated heterocycles. The van der Waals surface area contributed by atoms with Crippen molar-refractivity contribution < 1.29 is 9.18 Å². The Bertz CT molecular complexity index is 418. The van der Waals surface area contributed by atoms with Crippen molar-refractivity contribution in [1.82, 2.24) is 10.6 Å². The third-order valence-corrected chi connectivity index (χ3v) is 3.16. The molecule has 1 aliphatic rings. The average molecular weight is 250 g/mol. The van der Waals surface area contributed by atoms with E-state index in [1.807, 2.05) is 0 Å². The maximum atomic E-state index is 13.5. The molecule has 1 aromatic rings. The first kappa shape index (κ1) is 13.0. The maximum Gasteiger partial charge on any atom is 0.234 e. The molecule has 18 heavy (non-hydrogen) atoms. The topological polar surface area (TPSA) is 41.1 Å². The Balaban J connectivity index is 1.77. The molecule has 0 unspecified atom stereocenters. The summed E-state index contributed by atoms with van der Waals surface area (Å²) in [5, 5.41) is 5.90. The number of hydrogen-bond acceptors (Lipinski definition) is 2. The number of carbonyl (C=O) groups excluding carboxylic acids is 1. The lowest BCUT2D eigenvalue weighted by molar-refractivity contribution is -0.120. The van der Waals surface area contributed by atoms with Crippen molar-refractivity contribution in [1.29, 1.82) is 0 Å². The molecule has 4 heteroatoms. The molecule has 3 nitrogen and oxygen atoms in total. The van der Waals surface area contributed by atoms with E-state index in [1.165, 1.54) is 18.9 Å². The zero-order chi connectivity index (χ0) is 13.0. The van der Waals surface area contributed by atoms with E-state index < -0.39 is 0 Å². The van der Waals surface area contributed by atoms with E-state index in [0.717, 1.165) is 12.5 Å². The highest BCUT2D eigenvalue weighted by Crippen LogP contribution is 2.27. The number of amides is 1. The minimum Gasteiger partial charge on any atom is -0.348 e. The normalized spacial score (nSPS) is 16.3. The van der Waals surface area contributed by atoms with Crippen molar-refractivity contribution in [3.05, 3.63) is 35.6 Å². The first-order valence-corrected chi connectivity index (χ1v) is 6.41. The van der Waals surface area contributed by atoms with Gasteiger partial charge in [0, 0.05) is 5.56 Å². The van der Waals surface area contributed by atoms with Gasteiger partial charge in [-0.05, 0) is 38.3 Å². The van der Waals surface area contributed by atoms with Crippen LogP contribution in [-0.2, 0) is 4.79 Å². The van der Waals surface area contributed by atoms with E-state index in [-0.39, 0.29) is 17.8 Å². The van der Waals surface area contributed by atoms with Crippen molar-refractivity contribution >= 4 is 5.91 Å². The van der Waals surface area contributed by atoms with Crippen LogP contribution in [0.2, 0.25) is 0 Å². The summed E-state index contributed by atoms with van der Waals surface area (Å²) in [6.07, 6.45) is 2.53. The summed E-state index contributed by atoms with van der Waals surface area (Å²) < 4.78 is 13.5. The number of carbonyl (C=O) groups is 1. The van der Waals surface area contributed by atoms with Crippen LogP contribution in [0.25, 0.3) is 0 Å². The lowest BCUT2D eigenvalue weighted by Crippen LogP contribution is -2.36. The Morgan fingerprint density at radius 2 is 2.17 bits per heavy atom. The fraction of sp³-hybridized carbons (Fsp3) is 0.500. The highest BCUT2D eigenvalue weighted by molar-refractivity contribution is 5.78. The van der Waals surface area contributed by atoms with Crippen LogP contribution in [0, 0.1) is 11.7 Å². The van der Waals surface area contributed by atoms with Crippen molar-refractivity contribution in [3.63, 3.8) is 0 Å². The lowest BCUT2D eigenvalue weighted by Gasteiger charge is -2.15. The third kappa shape index (κ3) is 3.81. The highest BCUT2D eigenvalue weighted by Gasteiger charge is 2.20. The van der Waals surface area contributed by atoms with Gasteiger partial charge in [0.05, 0.1) is 12.6 Å². The predicted octanol–water partition coefficient (Wildman–Crippen LogP) is 2.00. The molecule has 0 heterocycles. The van der Waals surface area contributed by atoms with Crippen molar-refractivity contribution in [2.24, 2.45) is 5.92 Å². The summed E-state index contributed by atoms with van der Waals surface area (Å²) in [4.78, 5) is 11.6. The van der Waals surface area contributed by atoms with Crippen molar-refractivity contribution in [2.45, 2.75) is 25.8 Å². The molecule has 1 aromatic carbocycles. The van der Waals surface area contributed by atoms with E-state index >= 15 is 0 Å². The van der Waals surface area contributed by atoms with Crippen molar-refractivity contribution in [2.75, 3.05) is 13.1 Å². The Hall–Kier alpha value is -1.42. The van der Waals surface area contributed by atoms with Crippen LogP contribution in [-0.4, -0.2) is 19.0 Å². The van der Waals surface area contributed by atoms with Gasteiger partial charge in [0.15, 0.2) is 0 Å². The number of benzene rings is 1. The van der Waals surface area contributed by atoms with Crippen LogP contribution < -0.4 is 10.6 Å². The number of nitrogens with one attached hydrogen (secondary N) is 2. The van der Waals surface area contributed by atoms with Gasteiger partial charge < -0.3 is 10.6 Å². The van der Waals surface area contributed by atoms with Crippen LogP contribution in [0.5, 0.6) is 0 Å². The Morgan fingerprint density at radius 3 is 2.83 bits per heavy atom. The fourth-order valence-electron chi connectivity index (χ4n) is 1.91. The molecular weight excluding hydrogens is 231 g/mol. The summed E-state index contributed by atoms with van der Waals surface area (Å²) >= 11 is 0. The Morgan fingerprint density at radius 1 is 1.44 bits per heavy atom. The monoisotopic (exact) mass is 250 g/mol. The van der Waals surface area contributed by atoms with Gasteiger partial charge in [-0.3, -0.25) is 4.79 Å². The van der Waals surface area contributed by atoms with Gasteiger partial charge in [-0.25, -0.2) is 4.39 Å². The van der Waals surface area contributed by atoms with Gasteiger partial charge in [-0.2, -0.15) is 0 Å². The van der Waals surface area contributed by atoms with Gasteiger partial charge in [0.1, 0.15) is 5.82 Å². The maximum absolute atomic E-state index is 13.5. The minimum atomic E-state index is -0.304. The standard InChI is InChI=1S/C14H19FN2O/c1-10(12-4-2-3-5-13(12)15)17-14(18)9-16-8-11-6-7-11/h2-5,10-11,16H,6-9H2,1H3,(H,17,18)/t10-/m1/s1. The first-order chi connectivity index (χ1) is 8.66. The molecule has 0 aromatic heterocycles. The molecule has 0 radical (unpaired) electrons. The molecule has 1 amide bonds. The molecule has 1 atom stereocenters. The summed E-state index contributed by atoms with van der Waals surface area (Å²) in [7, 11) is 0. The van der Waals surface area contributed by atoms with E-state index in [9.17, 15) is 9.18 Å². The van der Waals surface area contributed by atoms with Gasteiger partial charge in [-0.15, -0.1) is 0 Å². The highest BCUT2D eigenvalue weighted by atomic mass is 19.1. The molecular formula is C14H19FN2O. The Kier molecular flexibility index (Phi) is 4.31. The van der Waals surface area contributed by atoms with Crippen LogP contribution in [0.3, 0.4) is 0 Å². The molecule has 2 rings (SSSR count).